The molecule has 1 N–H and O–H groups in total. The van der Waals surface area contributed by atoms with Crippen molar-refractivity contribution in [1.29, 1.82) is 0 Å². The van der Waals surface area contributed by atoms with E-state index in [4.69, 9.17) is 5.11 Å². The maximum atomic E-state index is 10.9. The molecule has 0 saturated carbocycles. The highest BCUT2D eigenvalue weighted by molar-refractivity contribution is 5.89. The predicted octanol–water partition coefficient (Wildman–Crippen LogP) is 3.14. The van der Waals surface area contributed by atoms with Crippen molar-refractivity contribution in [3.63, 3.8) is 0 Å². The first kappa shape index (κ1) is 10.8. The van der Waals surface area contributed by atoms with Gasteiger partial charge in [0.15, 0.2) is 0 Å². The van der Waals surface area contributed by atoms with Gasteiger partial charge in [0.25, 0.3) is 0 Å². The van der Waals surface area contributed by atoms with Crippen molar-refractivity contribution in [3.8, 4) is 0 Å². The van der Waals surface area contributed by atoms with E-state index in [0.717, 1.165) is 5.56 Å². The number of rotatable bonds is 3. The second kappa shape index (κ2) is 4.27. The van der Waals surface area contributed by atoms with Gasteiger partial charge in [-0.3, -0.25) is 0 Å². The highest BCUT2D eigenvalue weighted by Crippen LogP contribution is 2.26. The summed E-state index contributed by atoms with van der Waals surface area (Å²) in [5.74, 6) is -0.106. The minimum Gasteiger partial charge on any atom is -0.478 e. The summed E-state index contributed by atoms with van der Waals surface area (Å²) in [6.07, 6.45) is 0. The van der Waals surface area contributed by atoms with E-state index in [1.165, 1.54) is 0 Å². The Hall–Kier alpha value is -1.31. The van der Waals surface area contributed by atoms with Crippen LogP contribution in [-0.4, -0.2) is 11.1 Å². The first-order chi connectivity index (χ1) is 6.54. The fraction of sp³-hybridized carbons (Fsp3) is 0.417. The molecule has 0 saturated heterocycles. The van der Waals surface area contributed by atoms with Gasteiger partial charge in [0.1, 0.15) is 0 Å². The highest BCUT2D eigenvalue weighted by atomic mass is 16.4. The molecule has 76 valence electrons. The molecule has 0 aromatic heterocycles. The van der Waals surface area contributed by atoms with Crippen molar-refractivity contribution in [2.24, 2.45) is 5.92 Å². The van der Waals surface area contributed by atoms with Crippen molar-refractivity contribution < 1.29 is 9.90 Å². The van der Waals surface area contributed by atoms with E-state index in [0.29, 0.717) is 11.5 Å². The van der Waals surface area contributed by atoms with Gasteiger partial charge in [-0.15, -0.1) is 0 Å². The Morgan fingerprint density at radius 3 is 2.29 bits per heavy atom. The Balaban J connectivity index is 3.13. The molecule has 1 aromatic carbocycles. The average molecular weight is 192 g/mol. The van der Waals surface area contributed by atoms with Crippen LogP contribution in [0.25, 0.3) is 0 Å². The first-order valence-corrected chi connectivity index (χ1v) is 4.86. The van der Waals surface area contributed by atoms with Crippen LogP contribution in [-0.2, 0) is 0 Å². The lowest BCUT2D eigenvalue weighted by atomic mass is 9.87. The second-order valence-electron chi connectivity index (χ2n) is 3.93. The topological polar surface area (TPSA) is 37.3 Å². The van der Waals surface area contributed by atoms with E-state index < -0.39 is 5.97 Å². The first-order valence-electron chi connectivity index (χ1n) is 4.86. The van der Waals surface area contributed by atoms with Crippen LogP contribution in [0.2, 0.25) is 0 Å². The van der Waals surface area contributed by atoms with Crippen molar-refractivity contribution in [2.45, 2.75) is 26.7 Å². The Bertz CT molecular complexity index is 329. The van der Waals surface area contributed by atoms with Crippen LogP contribution in [0, 0.1) is 5.92 Å². The molecule has 0 aliphatic rings. The van der Waals surface area contributed by atoms with Crippen LogP contribution >= 0.6 is 0 Å². The van der Waals surface area contributed by atoms with Crippen LogP contribution in [0.1, 0.15) is 42.6 Å². The van der Waals surface area contributed by atoms with Gasteiger partial charge in [-0.1, -0.05) is 39.0 Å². The molecule has 0 radical (unpaired) electrons. The molecular weight excluding hydrogens is 176 g/mol. The van der Waals surface area contributed by atoms with E-state index >= 15 is 0 Å². The summed E-state index contributed by atoms with van der Waals surface area (Å²) in [7, 11) is 0. The van der Waals surface area contributed by atoms with Crippen molar-refractivity contribution in [1.82, 2.24) is 0 Å². The summed E-state index contributed by atoms with van der Waals surface area (Å²) in [4.78, 5) is 10.9. The minimum atomic E-state index is -0.840. The van der Waals surface area contributed by atoms with Crippen molar-refractivity contribution >= 4 is 5.97 Å². The number of hydrogen-bond donors (Lipinski definition) is 1. The standard InChI is InChI=1S/C12H16O2/c1-8(2)9(3)10-6-4-5-7-11(10)12(13)14/h4-9H,1-3H3,(H,13,14). The van der Waals surface area contributed by atoms with Gasteiger partial charge in [0, 0.05) is 0 Å². The third-order valence-electron chi connectivity index (χ3n) is 2.68. The van der Waals surface area contributed by atoms with E-state index in [9.17, 15) is 4.79 Å². The maximum Gasteiger partial charge on any atom is 0.335 e. The van der Waals surface area contributed by atoms with Gasteiger partial charge in [-0.05, 0) is 23.5 Å². The average Bonchev–Trinajstić information content (AvgIpc) is 2.16. The summed E-state index contributed by atoms with van der Waals surface area (Å²) in [6, 6.07) is 7.21. The summed E-state index contributed by atoms with van der Waals surface area (Å²) in [6.45, 7) is 6.26. The molecule has 0 amide bonds. The van der Waals surface area contributed by atoms with Gasteiger partial charge in [0.2, 0.25) is 0 Å². The lowest BCUT2D eigenvalue weighted by Gasteiger charge is -2.17. The van der Waals surface area contributed by atoms with Gasteiger partial charge in [0.05, 0.1) is 5.56 Å². The lowest BCUT2D eigenvalue weighted by Crippen LogP contribution is -2.09. The highest BCUT2D eigenvalue weighted by Gasteiger charge is 2.16. The molecular formula is C12H16O2. The van der Waals surface area contributed by atoms with Gasteiger partial charge >= 0.3 is 5.97 Å². The summed E-state index contributed by atoms with van der Waals surface area (Å²) in [5.41, 5.74) is 1.35. The molecule has 0 spiro atoms. The van der Waals surface area contributed by atoms with Gasteiger partial charge < -0.3 is 5.11 Å². The number of carbonyl (C=O) groups is 1. The zero-order valence-corrected chi connectivity index (χ0v) is 8.82. The molecule has 0 fully saturated rings. The fourth-order valence-corrected chi connectivity index (χ4v) is 1.45. The lowest BCUT2D eigenvalue weighted by molar-refractivity contribution is 0.0695. The molecule has 1 atom stereocenters. The van der Waals surface area contributed by atoms with Crippen LogP contribution in [0.4, 0.5) is 0 Å². The second-order valence-corrected chi connectivity index (χ2v) is 3.93. The number of benzene rings is 1. The monoisotopic (exact) mass is 192 g/mol. The third-order valence-corrected chi connectivity index (χ3v) is 2.68. The van der Waals surface area contributed by atoms with E-state index in [1.54, 1.807) is 12.1 Å². The molecule has 2 heteroatoms. The van der Waals surface area contributed by atoms with Gasteiger partial charge in [-0.2, -0.15) is 0 Å². The quantitative estimate of drug-likeness (QED) is 0.798. The summed E-state index contributed by atoms with van der Waals surface area (Å²) in [5, 5.41) is 9.00. The molecule has 0 heterocycles. The van der Waals surface area contributed by atoms with Gasteiger partial charge in [-0.25, -0.2) is 4.79 Å². The molecule has 0 aliphatic carbocycles. The molecule has 14 heavy (non-hydrogen) atoms. The minimum absolute atomic E-state index is 0.280. The zero-order valence-electron chi connectivity index (χ0n) is 8.82. The molecule has 0 bridgehead atoms. The van der Waals surface area contributed by atoms with E-state index in [1.807, 2.05) is 12.1 Å². The number of carboxylic acid groups (broad SMARTS) is 1. The predicted molar refractivity (Wildman–Crippen MR) is 56.7 cm³/mol. The zero-order chi connectivity index (χ0) is 10.7. The largest absolute Gasteiger partial charge is 0.478 e. The molecule has 2 nitrogen and oxygen atoms in total. The number of aromatic carboxylic acids is 1. The maximum absolute atomic E-state index is 10.9. The van der Waals surface area contributed by atoms with Crippen LogP contribution in [0.5, 0.6) is 0 Å². The van der Waals surface area contributed by atoms with E-state index in [2.05, 4.69) is 20.8 Å². The summed E-state index contributed by atoms with van der Waals surface area (Å²) < 4.78 is 0. The normalized spacial score (nSPS) is 12.9. The Morgan fingerprint density at radius 2 is 1.79 bits per heavy atom. The Kier molecular flexibility index (Phi) is 3.28. The fourth-order valence-electron chi connectivity index (χ4n) is 1.45. The third kappa shape index (κ3) is 2.13. The smallest absolute Gasteiger partial charge is 0.335 e. The Morgan fingerprint density at radius 1 is 1.21 bits per heavy atom. The van der Waals surface area contributed by atoms with E-state index in [-0.39, 0.29) is 5.92 Å². The number of hydrogen-bond acceptors (Lipinski definition) is 1. The molecule has 1 unspecified atom stereocenters. The Labute approximate surface area is 84.6 Å². The van der Waals surface area contributed by atoms with Crippen molar-refractivity contribution in [3.05, 3.63) is 35.4 Å². The molecule has 0 aliphatic heterocycles. The SMILES string of the molecule is CC(C)C(C)c1ccccc1C(=O)O. The molecule has 1 rings (SSSR count). The van der Waals surface area contributed by atoms with Crippen molar-refractivity contribution in [2.75, 3.05) is 0 Å². The van der Waals surface area contributed by atoms with Crippen LogP contribution in [0.3, 0.4) is 0 Å². The molecule has 1 aromatic rings. The van der Waals surface area contributed by atoms with Crippen LogP contribution < -0.4 is 0 Å². The number of carboxylic acids is 1. The summed E-state index contributed by atoms with van der Waals surface area (Å²) >= 11 is 0. The van der Waals surface area contributed by atoms with Crippen LogP contribution in [0.15, 0.2) is 24.3 Å².